The van der Waals surface area contributed by atoms with Gasteiger partial charge in [-0.25, -0.2) is 0 Å². The molecule has 0 bridgehead atoms. The Labute approximate surface area is 158 Å². The SMILES string of the molecule is COCc1cc(C(=O)Nc2ccc(Oc3ccccc3)cc2)ccc1OC. The lowest BCUT2D eigenvalue weighted by Gasteiger charge is -2.11. The van der Waals surface area contributed by atoms with Crippen molar-refractivity contribution in [2.45, 2.75) is 6.61 Å². The van der Waals surface area contributed by atoms with E-state index in [0.717, 1.165) is 11.3 Å². The number of ether oxygens (including phenoxy) is 3. The van der Waals surface area contributed by atoms with Crippen LogP contribution < -0.4 is 14.8 Å². The van der Waals surface area contributed by atoms with E-state index in [9.17, 15) is 4.79 Å². The number of carbonyl (C=O) groups is 1. The molecule has 0 aromatic heterocycles. The molecular weight excluding hydrogens is 342 g/mol. The maximum atomic E-state index is 12.5. The molecule has 0 spiro atoms. The topological polar surface area (TPSA) is 56.8 Å². The highest BCUT2D eigenvalue weighted by molar-refractivity contribution is 6.04. The zero-order valence-corrected chi connectivity index (χ0v) is 15.3. The van der Waals surface area contributed by atoms with Crippen LogP contribution in [0.1, 0.15) is 15.9 Å². The second kappa shape index (κ2) is 8.87. The minimum atomic E-state index is -0.202. The van der Waals surface area contributed by atoms with Crippen molar-refractivity contribution in [3.8, 4) is 17.2 Å². The lowest BCUT2D eigenvalue weighted by atomic mass is 10.1. The fourth-order valence-electron chi connectivity index (χ4n) is 2.62. The fourth-order valence-corrected chi connectivity index (χ4v) is 2.62. The van der Waals surface area contributed by atoms with E-state index < -0.39 is 0 Å². The third kappa shape index (κ3) is 4.86. The van der Waals surface area contributed by atoms with Crippen LogP contribution in [0, 0.1) is 0 Å². The number of benzene rings is 3. The Hall–Kier alpha value is -3.31. The van der Waals surface area contributed by atoms with Crippen LogP contribution in [0.25, 0.3) is 0 Å². The molecule has 0 aliphatic carbocycles. The summed E-state index contributed by atoms with van der Waals surface area (Å²) in [5.41, 5.74) is 2.04. The van der Waals surface area contributed by atoms with Crippen molar-refractivity contribution < 1.29 is 19.0 Å². The molecule has 1 amide bonds. The molecule has 27 heavy (non-hydrogen) atoms. The molecular formula is C22H21NO4. The van der Waals surface area contributed by atoms with Crippen LogP contribution in [0.3, 0.4) is 0 Å². The third-order valence-corrected chi connectivity index (χ3v) is 3.93. The Morgan fingerprint density at radius 2 is 1.59 bits per heavy atom. The Bertz CT molecular complexity index is 892. The molecule has 0 atom stereocenters. The molecule has 0 heterocycles. The van der Waals surface area contributed by atoms with E-state index in [0.29, 0.717) is 29.4 Å². The van der Waals surface area contributed by atoms with Gasteiger partial charge in [-0.1, -0.05) is 18.2 Å². The minimum absolute atomic E-state index is 0.202. The average molecular weight is 363 g/mol. The third-order valence-electron chi connectivity index (χ3n) is 3.93. The number of methoxy groups -OCH3 is 2. The molecule has 5 nitrogen and oxygen atoms in total. The number of nitrogens with one attached hydrogen (secondary N) is 1. The van der Waals surface area contributed by atoms with Crippen molar-refractivity contribution in [3.05, 3.63) is 83.9 Å². The molecule has 3 aromatic rings. The Morgan fingerprint density at radius 1 is 0.889 bits per heavy atom. The van der Waals surface area contributed by atoms with Gasteiger partial charge in [0.1, 0.15) is 17.2 Å². The van der Waals surface area contributed by atoms with E-state index in [4.69, 9.17) is 14.2 Å². The monoisotopic (exact) mass is 363 g/mol. The zero-order valence-electron chi connectivity index (χ0n) is 15.3. The zero-order chi connectivity index (χ0) is 19.1. The van der Waals surface area contributed by atoms with Gasteiger partial charge >= 0.3 is 0 Å². The minimum Gasteiger partial charge on any atom is -0.496 e. The highest BCUT2D eigenvalue weighted by atomic mass is 16.5. The predicted molar refractivity (Wildman–Crippen MR) is 105 cm³/mol. The van der Waals surface area contributed by atoms with Gasteiger partial charge in [0.25, 0.3) is 5.91 Å². The van der Waals surface area contributed by atoms with Gasteiger partial charge in [0.2, 0.25) is 0 Å². The van der Waals surface area contributed by atoms with Crippen molar-refractivity contribution in [1.82, 2.24) is 0 Å². The van der Waals surface area contributed by atoms with Crippen molar-refractivity contribution in [3.63, 3.8) is 0 Å². The van der Waals surface area contributed by atoms with E-state index >= 15 is 0 Å². The van der Waals surface area contributed by atoms with Crippen LogP contribution in [-0.2, 0) is 11.3 Å². The first kappa shape index (κ1) is 18.5. The Kier molecular flexibility index (Phi) is 6.07. The highest BCUT2D eigenvalue weighted by Gasteiger charge is 2.11. The Morgan fingerprint density at radius 3 is 2.26 bits per heavy atom. The van der Waals surface area contributed by atoms with Crippen LogP contribution in [0.4, 0.5) is 5.69 Å². The van der Waals surface area contributed by atoms with Crippen LogP contribution >= 0.6 is 0 Å². The van der Waals surface area contributed by atoms with Crippen molar-refractivity contribution in [1.29, 1.82) is 0 Å². The summed E-state index contributed by atoms with van der Waals surface area (Å²) < 4.78 is 16.2. The largest absolute Gasteiger partial charge is 0.496 e. The maximum Gasteiger partial charge on any atom is 0.255 e. The van der Waals surface area contributed by atoms with E-state index in [1.54, 1.807) is 44.6 Å². The van der Waals surface area contributed by atoms with E-state index in [-0.39, 0.29) is 5.91 Å². The second-order valence-corrected chi connectivity index (χ2v) is 5.85. The summed E-state index contributed by atoms with van der Waals surface area (Å²) >= 11 is 0. The number of anilines is 1. The molecule has 0 unspecified atom stereocenters. The highest BCUT2D eigenvalue weighted by Crippen LogP contribution is 2.24. The number of para-hydroxylation sites is 1. The van der Waals surface area contributed by atoms with Gasteiger partial charge in [0.05, 0.1) is 13.7 Å². The van der Waals surface area contributed by atoms with E-state index in [1.165, 1.54) is 0 Å². The maximum absolute atomic E-state index is 12.5. The van der Waals surface area contributed by atoms with Crippen molar-refractivity contribution >= 4 is 11.6 Å². The average Bonchev–Trinajstić information content (AvgIpc) is 2.70. The smallest absolute Gasteiger partial charge is 0.255 e. The van der Waals surface area contributed by atoms with Gasteiger partial charge in [-0.05, 0) is 54.6 Å². The quantitative estimate of drug-likeness (QED) is 0.650. The van der Waals surface area contributed by atoms with Gasteiger partial charge < -0.3 is 19.5 Å². The normalized spacial score (nSPS) is 10.3. The van der Waals surface area contributed by atoms with Crippen LogP contribution in [-0.4, -0.2) is 20.1 Å². The number of hydrogen-bond acceptors (Lipinski definition) is 4. The molecule has 3 rings (SSSR count). The van der Waals surface area contributed by atoms with Crippen LogP contribution in [0.2, 0.25) is 0 Å². The van der Waals surface area contributed by atoms with Crippen molar-refractivity contribution in [2.24, 2.45) is 0 Å². The van der Waals surface area contributed by atoms with E-state index in [2.05, 4.69) is 5.32 Å². The summed E-state index contributed by atoms with van der Waals surface area (Å²) in [6.45, 7) is 0.371. The van der Waals surface area contributed by atoms with Gasteiger partial charge in [-0.3, -0.25) is 4.79 Å². The second-order valence-electron chi connectivity index (χ2n) is 5.85. The summed E-state index contributed by atoms with van der Waals surface area (Å²) in [7, 11) is 3.19. The molecule has 1 N–H and O–H groups in total. The first-order valence-corrected chi connectivity index (χ1v) is 8.50. The van der Waals surface area contributed by atoms with Crippen LogP contribution in [0.5, 0.6) is 17.2 Å². The Balaban J connectivity index is 1.68. The molecule has 0 radical (unpaired) electrons. The molecule has 138 valence electrons. The molecule has 0 aliphatic rings. The number of amides is 1. The van der Waals surface area contributed by atoms with Gasteiger partial charge in [-0.2, -0.15) is 0 Å². The summed E-state index contributed by atoms with van der Waals surface area (Å²) in [6.07, 6.45) is 0. The van der Waals surface area contributed by atoms with Gasteiger partial charge in [0, 0.05) is 23.9 Å². The van der Waals surface area contributed by atoms with Crippen LogP contribution in [0.15, 0.2) is 72.8 Å². The summed E-state index contributed by atoms with van der Waals surface area (Å²) in [4.78, 5) is 12.5. The summed E-state index contributed by atoms with van der Waals surface area (Å²) in [6, 6.07) is 22.0. The standard InChI is InChI=1S/C22H21NO4/c1-25-15-17-14-16(8-13-21(17)26-2)22(24)23-18-9-11-20(12-10-18)27-19-6-4-3-5-7-19/h3-14H,15H2,1-2H3,(H,23,24). The molecule has 5 heteroatoms. The van der Waals surface area contributed by atoms with Gasteiger partial charge in [-0.15, -0.1) is 0 Å². The number of rotatable bonds is 7. The molecule has 3 aromatic carbocycles. The molecule has 0 aliphatic heterocycles. The lowest BCUT2D eigenvalue weighted by molar-refractivity contribution is 0.102. The predicted octanol–water partition coefficient (Wildman–Crippen LogP) is 4.89. The lowest BCUT2D eigenvalue weighted by Crippen LogP contribution is -2.12. The molecule has 0 saturated heterocycles. The first-order valence-electron chi connectivity index (χ1n) is 8.50. The number of hydrogen-bond donors (Lipinski definition) is 1. The fraction of sp³-hybridized carbons (Fsp3) is 0.136. The molecule has 0 saturated carbocycles. The molecule has 0 fully saturated rings. The van der Waals surface area contributed by atoms with E-state index in [1.807, 2.05) is 42.5 Å². The van der Waals surface area contributed by atoms with Gasteiger partial charge in [0.15, 0.2) is 0 Å². The summed E-state index contributed by atoms with van der Waals surface area (Å²) in [5, 5.41) is 2.88. The van der Waals surface area contributed by atoms with Crippen molar-refractivity contribution in [2.75, 3.05) is 19.5 Å². The number of carbonyl (C=O) groups excluding carboxylic acids is 1. The first-order chi connectivity index (χ1) is 13.2. The summed E-state index contributed by atoms with van der Waals surface area (Å²) in [5.74, 6) is 1.95.